The number of aromatic nitrogens is 3. The molecule has 8 nitrogen and oxygen atoms in total. The van der Waals surface area contributed by atoms with Crippen molar-refractivity contribution < 1.29 is 22.0 Å². The van der Waals surface area contributed by atoms with E-state index in [9.17, 15) is 22.0 Å². The fraction of sp³-hybridized carbons (Fsp3) is 0.176. The Morgan fingerprint density at radius 2 is 1.76 bits per heavy atom. The zero-order chi connectivity index (χ0) is 21.0. The van der Waals surface area contributed by atoms with Gasteiger partial charge in [0.05, 0.1) is 41.1 Å². The van der Waals surface area contributed by atoms with Gasteiger partial charge < -0.3 is 5.32 Å². The first-order chi connectivity index (χ1) is 13.7. The topological polar surface area (TPSA) is 114 Å². The van der Waals surface area contributed by atoms with Crippen LogP contribution < -0.4 is 10.0 Å². The van der Waals surface area contributed by atoms with Crippen LogP contribution in [0.2, 0.25) is 0 Å². The number of rotatable bonds is 7. The summed E-state index contributed by atoms with van der Waals surface area (Å²) in [4.78, 5) is 24.5. The van der Waals surface area contributed by atoms with E-state index in [-0.39, 0.29) is 17.9 Å². The van der Waals surface area contributed by atoms with Crippen molar-refractivity contribution in [2.45, 2.75) is 24.9 Å². The minimum Gasteiger partial charge on any atom is -0.346 e. The molecular weight excluding hydrogens is 424 g/mol. The third-order valence-corrected chi connectivity index (χ3v) is 5.91. The largest absolute Gasteiger partial charge is 0.346 e. The maximum atomic E-state index is 13.2. The van der Waals surface area contributed by atoms with Crippen LogP contribution in [0, 0.1) is 18.6 Å². The van der Waals surface area contributed by atoms with Crippen LogP contribution in [0.1, 0.15) is 26.1 Å². The smallest absolute Gasteiger partial charge is 0.271 e. The summed E-state index contributed by atoms with van der Waals surface area (Å²) in [6.45, 7) is 1.90. The molecule has 1 amide bonds. The Kier molecular flexibility index (Phi) is 6.25. The summed E-state index contributed by atoms with van der Waals surface area (Å²) in [5, 5.41) is 3.57. The molecule has 0 aliphatic heterocycles. The molecule has 3 rings (SSSR count). The molecule has 2 heterocycles. The van der Waals surface area contributed by atoms with Gasteiger partial charge in [-0.25, -0.2) is 31.9 Å². The number of halogens is 2. The van der Waals surface area contributed by atoms with Crippen molar-refractivity contribution in [1.29, 1.82) is 0 Å². The number of nitrogens with one attached hydrogen (secondary N) is 2. The highest BCUT2D eigenvalue weighted by Gasteiger charge is 2.17. The summed E-state index contributed by atoms with van der Waals surface area (Å²) in [7, 11) is -4.15. The van der Waals surface area contributed by atoms with Crippen molar-refractivity contribution in [3.8, 4) is 0 Å². The number of carbonyl (C=O) groups excluding carboxylic acids is 1. The first kappa shape index (κ1) is 20.9. The number of sulfonamides is 1. The van der Waals surface area contributed by atoms with Gasteiger partial charge in [0.1, 0.15) is 17.3 Å². The van der Waals surface area contributed by atoms with Gasteiger partial charge in [-0.1, -0.05) is 0 Å². The second-order valence-electron chi connectivity index (χ2n) is 5.85. The first-order valence-corrected chi connectivity index (χ1v) is 10.5. The Morgan fingerprint density at radius 3 is 2.34 bits per heavy atom. The summed E-state index contributed by atoms with van der Waals surface area (Å²) < 4.78 is 52.9. The fourth-order valence-electron chi connectivity index (χ4n) is 2.24. The molecule has 0 unspecified atom stereocenters. The Hall–Kier alpha value is -2.83. The molecule has 2 aromatic heterocycles. The predicted octanol–water partition coefficient (Wildman–Crippen LogP) is 1.93. The van der Waals surface area contributed by atoms with Gasteiger partial charge in [-0.05, 0) is 19.1 Å². The number of hydrogen-bond acceptors (Lipinski definition) is 7. The second-order valence-corrected chi connectivity index (χ2v) is 8.94. The van der Waals surface area contributed by atoms with E-state index < -0.39 is 32.5 Å². The predicted molar refractivity (Wildman–Crippen MR) is 100 cm³/mol. The van der Waals surface area contributed by atoms with Gasteiger partial charge in [0.25, 0.3) is 5.91 Å². The highest BCUT2D eigenvalue weighted by molar-refractivity contribution is 7.89. The van der Waals surface area contributed by atoms with E-state index in [1.807, 2.05) is 6.92 Å². The molecule has 0 saturated heterocycles. The van der Waals surface area contributed by atoms with Crippen molar-refractivity contribution in [2.75, 3.05) is 0 Å². The summed E-state index contributed by atoms with van der Waals surface area (Å²) >= 11 is 1.46. The van der Waals surface area contributed by atoms with Crippen molar-refractivity contribution in [1.82, 2.24) is 25.0 Å². The number of aryl methyl sites for hydroxylation is 1. The normalized spacial score (nSPS) is 11.4. The van der Waals surface area contributed by atoms with E-state index in [0.717, 1.165) is 9.88 Å². The Morgan fingerprint density at radius 1 is 1.03 bits per heavy atom. The number of carbonyl (C=O) groups is 1. The quantitative estimate of drug-likeness (QED) is 0.582. The standard InChI is InChI=1S/C17H15F2N5O3S2/c1-10-20-7-14(28-10)8-23-17(25)16-9-21-13(5-22-16)6-24-29(26,27)15-3-11(18)2-12(19)4-15/h2-5,7,9,24H,6,8H2,1H3,(H,23,25). The molecule has 1 aromatic carbocycles. The minimum absolute atomic E-state index is 0.0602. The Bertz CT molecular complexity index is 1110. The molecule has 0 saturated carbocycles. The molecule has 29 heavy (non-hydrogen) atoms. The Labute approximate surface area is 169 Å². The lowest BCUT2D eigenvalue weighted by molar-refractivity contribution is 0.0946. The van der Waals surface area contributed by atoms with Crippen LogP contribution in [0.15, 0.2) is 41.7 Å². The molecule has 0 atom stereocenters. The van der Waals surface area contributed by atoms with Gasteiger partial charge in [-0.2, -0.15) is 0 Å². The van der Waals surface area contributed by atoms with Crippen molar-refractivity contribution >= 4 is 27.3 Å². The highest BCUT2D eigenvalue weighted by atomic mass is 32.2. The van der Waals surface area contributed by atoms with Gasteiger partial charge in [-0.3, -0.25) is 9.78 Å². The Balaban J connectivity index is 1.59. The monoisotopic (exact) mass is 439 g/mol. The van der Waals surface area contributed by atoms with E-state index in [0.29, 0.717) is 24.7 Å². The van der Waals surface area contributed by atoms with E-state index in [1.165, 1.54) is 23.7 Å². The third-order valence-electron chi connectivity index (χ3n) is 3.62. The van der Waals surface area contributed by atoms with Crippen LogP contribution in [0.4, 0.5) is 8.78 Å². The zero-order valence-corrected chi connectivity index (χ0v) is 16.7. The minimum atomic E-state index is -4.15. The number of hydrogen-bond donors (Lipinski definition) is 2. The SMILES string of the molecule is Cc1ncc(CNC(=O)c2cnc(CNS(=O)(=O)c3cc(F)cc(F)c3)cn2)s1. The molecule has 3 aromatic rings. The summed E-state index contributed by atoms with van der Waals surface area (Å²) in [5.74, 6) is -2.45. The second kappa shape index (κ2) is 8.68. The third kappa shape index (κ3) is 5.59. The van der Waals surface area contributed by atoms with Gasteiger partial charge in [0.2, 0.25) is 10.0 Å². The summed E-state index contributed by atoms with van der Waals surface area (Å²) in [6, 6.07) is 1.98. The molecule has 2 N–H and O–H groups in total. The molecule has 0 aliphatic carbocycles. The van der Waals surface area contributed by atoms with Gasteiger partial charge in [-0.15, -0.1) is 11.3 Å². The molecule has 0 bridgehead atoms. The average Bonchev–Trinajstić information content (AvgIpc) is 3.09. The van der Waals surface area contributed by atoms with Crippen LogP contribution in [0.5, 0.6) is 0 Å². The number of nitrogens with zero attached hydrogens (tertiary/aromatic N) is 3. The molecule has 0 fully saturated rings. The number of thiazole rings is 1. The van der Waals surface area contributed by atoms with E-state index in [4.69, 9.17) is 0 Å². The molecular formula is C17H15F2N5O3S2. The van der Waals surface area contributed by atoms with Crippen molar-refractivity contribution in [3.63, 3.8) is 0 Å². The molecule has 0 spiro atoms. The van der Waals surface area contributed by atoms with E-state index >= 15 is 0 Å². The lowest BCUT2D eigenvalue weighted by atomic mass is 10.3. The van der Waals surface area contributed by atoms with Crippen LogP contribution in [-0.2, 0) is 23.1 Å². The lowest BCUT2D eigenvalue weighted by Gasteiger charge is -2.07. The molecule has 12 heteroatoms. The lowest BCUT2D eigenvalue weighted by Crippen LogP contribution is -2.25. The van der Waals surface area contributed by atoms with E-state index in [2.05, 4.69) is 25.0 Å². The van der Waals surface area contributed by atoms with Crippen LogP contribution >= 0.6 is 11.3 Å². The van der Waals surface area contributed by atoms with Crippen molar-refractivity contribution in [3.05, 3.63) is 69.7 Å². The number of benzene rings is 1. The zero-order valence-electron chi connectivity index (χ0n) is 15.0. The fourth-order valence-corrected chi connectivity index (χ4v) is 4.02. The van der Waals surface area contributed by atoms with Gasteiger partial charge in [0.15, 0.2) is 0 Å². The highest BCUT2D eigenvalue weighted by Crippen LogP contribution is 2.14. The van der Waals surface area contributed by atoms with Crippen LogP contribution in [-0.4, -0.2) is 29.3 Å². The van der Waals surface area contributed by atoms with Gasteiger partial charge >= 0.3 is 0 Å². The molecule has 152 valence electrons. The number of amides is 1. The van der Waals surface area contributed by atoms with Crippen LogP contribution in [0.3, 0.4) is 0 Å². The summed E-state index contributed by atoms with van der Waals surface area (Å²) in [5.41, 5.74) is 0.283. The maximum Gasteiger partial charge on any atom is 0.271 e. The first-order valence-electron chi connectivity index (χ1n) is 8.19. The maximum absolute atomic E-state index is 13.2. The molecule has 0 aliphatic rings. The van der Waals surface area contributed by atoms with Crippen molar-refractivity contribution in [2.24, 2.45) is 0 Å². The average molecular weight is 439 g/mol. The van der Waals surface area contributed by atoms with Gasteiger partial charge in [0, 0.05) is 17.1 Å². The molecule has 0 radical (unpaired) electrons. The van der Waals surface area contributed by atoms with Crippen LogP contribution in [0.25, 0.3) is 0 Å². The van der Waals surface area contributed by atoms with E-state index in [1.54, 1.807) is 6.20 Å². The summed E-state index contributed by atoms with van der Waals surface area (Å²) in [6.07, 6.45) is 4.12.